The summed E-state index contributed by atoms with van der Waals surface area (Å²) < 4.78 is 51.3. The second kappa shape index (κ2) is 5.56. The van der Waals surface area contributed by atoms with Gasteiger partial charge in [0.25, 0.3) is 0 Å². The van der Waals surface area contributed by atoms with Crippen LogP contribution in [0.4, 0.5) is 17.6 Å². The van der Waals surface area contributed by atoms with E-state index in [9.17, 15) is 17.6 Å². The van der Waals surface area contributed by atoms with Crippen molar-refractivity contribution < 1.29 is 17.6 Å². The summed E-state index contributed by atoms with van der Waals surface area (Å²) in [5, 5.41) is 0. The van der Waals surface area contributed by atoms with Crippen LogP contribution >= 0.6 is 15.9 Å². The van der Waals surface area contributed by atoms with E-state index in [0.717, 1.165) is 23.3 Å². The second-order valence-corrected chi connectivity index (χ2v) is 5.43. The Bertz CT molecular complexity index is 602. The fraction of sp³-hybridized carbons (Fsp3) is 0.200. The number of aryl methyl sites for hydroxylation is 1. The summed E-state index contributed by atoms with van der Waals surface area (Å²) in [6, 6.07) is 10.4. The van der Waals surface area contributed by atoms with Gasteiger partial charge < -0.3 is 0 Å². The Hall–Kier alpha value is -1.36. The van der Waals surface area contributed by atoms with Crippen molar-refractivity contribution in [2.45, 2.75) is 17.9 Å². The van der Waals surface area contributed by atoms with Crippen molar-refractivity contribution in [3.63, 3.8) is 0 Å². The third-order valence-corrected chi connectivity index (χ3v) is 4.02. The largest absolute Gasteiger partial charge is 0.419 e. The van der Waals surface area contributed by atoms with Crippen LogP contribution in [0, 0.1) is 12.7 Å². The summed E-state index contributed by atoms with van der Waals surface area (Å²) in [5.41, 5.74) is 0.994. The molecule has 0 aliphatic rings. The fourth-order valence-electron chi connectivity index (χ4n) is 1.85. The molecular weight excluding hydrogens is 336 g/mol. The molecule has 0 spiro atoms. The molecule has 5 heteroatoms. The van der Waals surface area contributed by atoms with Crippen LogP contribution in [0.25, 0.3) is 0 Å². The molecule has 0 fully saturated rings. The molecule has 0 aliphatic heterocycles. The van der Waals surface area contributed by atoms with E-state index >= 15 is 0 Å². The Labute approximate surface area is 122 Å². The summed E-state index contributed by atoms with van der Waals surface area (Å²) >= 11 is 3.35. The molecular formula is C15H11BrF4. The van der Waals surface area contributed by atoms with Gasteiger partial charge in [-0.25, -0.2) is 4.39 Å². The predicted octanol–water partition coefficient (Wildman–Crippen LogP) is 5.64. The molecule has 0 aromatic heterocycles. The minimum atomic E-state index is -4.69. The molecule has 0 saturated heterocycles. The van der Waals surface area contributed by atoms with Gasteiger partial charge in [-0.05, 0) is 30.2 Å². The first-order valence-corrected chi connectivity index (χ1v) is 6.78. The topological polar surface area (TPSA) is 0 Å². The molecule has 0 nitrogen and oxygen atoms in total. The Morgan fingerprint density at radius 1 is 0.950 bits per heavy atom. The van der Waals surface area contributed by atoms with E-state index in [1.165, 1.54) is 6.07 Å². The Morgan fingerprint density at radius 2 is 1.50 bits per heavy atom. The molecule has 0 N–H and O–H groups in total. The highest BCUT2D eigenvalue weighted by Gasteiger charge is 2.34. The standard InChI is InChI=1S/C15H11BrF4/c1-9-2-4-10(5-3-9)14(16)11-6-7-13(17)12(8-11)15(18,19)20/h2-8,14H,1H3. The number of rotatable bonds is 2. The van der Waals surface area contributed by atoms with Crippen molar-refractivity contribution in [3.05, 3.63) is 70.5 Å². The molecule has 0 bridgehead atoms. The van der Waals surface area contributed by atoms with Gasteiger partial charge in [-0.1, -0.05) is 51.8 Å². The molecule has 0 amide bonds. The zero-order valence-electron chi connectivity index (χ0n) is 10.5. The van der Waals surface area contributed by atoms with Gasteiger partial charge in [-0.2, -0.15) is 13.2 Å². The van der Waals surface area contributed by atoms with Gasteiger partial charge in [0.05, 0.1) is 10.4 Å². The number of benzene rings is 2. The molecule has 0 heterocycles. The summed E-state index contributed by atoms with van der Waals surface area (Å²) in [4.78, 5) is -0.412. The van der Waals surface area contributed by atoms with Crippen molar-refractivity contribution in [1.29, 1.82) is 0 Å². The summed E-state index contributed by atoms with van der Waals surface area (Å²) in [7, 11) is 0. The van der Waals surface area contributed by atoms with Crippen molar-refractivity contribution in [1.82, 2.24) is 0 Å². The molecule has 20 heavy (non-hydrogen) atoms. The van der Waals surface area contributed by atoms with Crippen molar-refractivity contribution in [2.24, 2.45) is 0 Å². The van der Waals surface area contributed by atoms with E-state index in [1.807, 2.05) is 31.2 Å². The first-order chi connectivity index (χ1) is 9.29. The number of halogens is 5. The van der Waals surface area contributed by atoms with Crippen molar-refractivity contribution >= 4 is 15.9 Å². The predicted molar refractivity (Wildman–Crippen MR) is 73.4 cm³/mol. The average molecular weight is 347 g/mol. The quantitative estimate of drug-likeness (QED) is 0.487. The van der Waals surface area contributed by atoms with Crippen LogP contribution in [0.1, 0.15) is 27.1 Å². The smallest absolute Gasteiger partial charge is 0.206 e. The Balaban J connectivity index is 2.40. The first kappa shape index (κ1) is 15.0. The maximum atomic E-state index is 13.2. The van der Waals surface area contributed by atoms with Crippen LogP contribution < -0.4 is 0 Å². The summed E-state index contributed by atoms with van der Waals surface area (Å²) in [6.07, 6.45) is -4.69. The first-order valence-electron chi connectivity index (χ1n) is 5.86. The minimum Gasteiger partial charge on any atom is -0.206 e. The normalized spacial score (nSPS) is 13.3. The SMILES string of the molecule is Cc1ccc(C(Br)c2ccc(F)c(C(F)(F)F)c2)cc1. The van der Waals surface area contributed by atoms with E-state index in [0.29, 0.717) is 5.56 Å². The van der Waals surface area contributed by atoms with Crippen LogP contribution in [0.15, 0.2) is 42.5 Å². The van der Waals surface area contributed by atoms with Crippen LogP contribution in [0.2, 0.25) is 0 Å². The summed E-state index contributed by atoms with van der Waals surface area (Å²) in [6.45, 7) is 1.92. The van der Waals surface area contributed by atoms with E-state index in [-0.39, 0.29) is 0 Å². The lowest BCUT2D eigenvalue weighted by molar-refractivity contribution is -0.140. The minimum absolute atomic E-state index is 0.363. The van der Waals surface area contributed by atoms with E-state index in [1.54, 1.807) is 0 Å². The molecule has 2 aromatic carbocycles. The maximum absolute atomic E-state index is 13.2. The molecule has 0 radical (unpaired) electrons. The van der Waals surface area contributed by atoms with Crippen LogP contribution in [-0.2, 0) is 6.18 Å². The van der Waals surface area contributed by atoms with Crippen LogP contribution in [0.3, 0.4) is 0 Å². The molecule has 106 valence electrons. The summed E-state index contributed by atoms with van der Waals surface area (Å²) in [5.74, 6) is -1.26. The lowest BCUT2D eigenvalue weighted by Crippen LogP contribution is -2.09. The van der Waals surface area contributed by atoms with Gasteiger partial charge in [0.15, 0.2) is 0 Å². The lowest BCUT2D eigenvalue weighted by atomic mass is 10.0. The monoisotopic (exact) mass is 346 g/mol. The number of alkyl halides is 4. The molecule has 1 unspecified atom stereocenters. The lowest BCUT2D eigenvalue weighted by Gasteiger charge is -2.14. The Kier molecular flexibility index (Phi) is 4.18. The van der Waals surface area contributed by atoms with Crippen LogP contribution in [-0.4, -0.2) is 0 Å². The highest BCUT2D eigenvalue weighted by molar-refractivity contribution is 9.09. The molecule has 2 rings (SSSR count). The highest BCUT2D eigenvalue weighted by atomic mass is 79.9. The average Bonchev–Trinajstić information content (AvgIpc) is 2.38. The van der Waals surface area contributed by atoms with Gasteiger partial charge in [0, 0.05) is 0 Å². The van der Waals surface area contributed by atoms with Crippen LogP contribution in [0.5, 0.6) is 0 Å². The van der Waals surface area contributed by atoms with E-state index in [2.05, 4.69) is 15.9 Å². The van der Waals surface area contributed by atoms with Crippen molar-refractivity contribution in [2.75, 3.05) is 0 Å². The third kappa shape index (κ3) is 3.20. The second-order valence-electron chi connectivity index (χ2n) is 4.51. The number of hydrogen-bond donors (Lipinski definition) is 0. The molecule has 0 saturated carbocycles. The number of hydrogen-bond acceptors (Lipinski definition) is 0. The molecule has 1 atom stereocenters. The van der Waals surface area contributed by atoms with Gasteiger partial charge in [0.2, 0.25) is 0 Å². The zero-order chi connectivity index (χ0) is 14.9. The maximum Gasteiger partial charge on any atom is 0.419 e. The highest BCUT2D eigenvalue weighted by Crippen LogP contribution is 2.36. The van der Waals surface area contributed by atoms with Gasteiger partial charge >= 0.3 is 6.18 Å². The van der Waals surface area contributed by atoms with Gasteiger partial charge in [-0.3, -0.25) is 0 Å². The Morgan fingerprint density at radius 3 is 2.05 bits per heavy atom. The van der Waals surface area contributed by atoms with E-state index in [4.69, 9.17) is 0 Å². The van der Waals surface area contributed by atoms with E-state index < -0.39 is 22.4 Å². The molecule has 0 aliphatic carbocycles. The van der Waals surface area contributed by atoms with Crippen molar-refractivity contribution in [3.8, 4) is 0 Å². The van der Waals surface area contributed by atoms with Gasteiger partial charge in [0.1, 0.15) is 5.82 Å². The fourth-order valence-corrected chi connectivity index (χ4v) is 2.44. The van der Waals surface area contributed by atoms with Gasteiger partial charge in [-0.15, -0.1) is 0 Å². The molecule has 2 aromatic rings. The third-order valence-electron chi connectivity index (χ3n) is 2.96. The zero-order valence-corrected chi connectivity index (χ0v) is 12.1.